The highest BCUT2D eigenvalue weighted by atomic mass is 79.9. The Balaban J connectivity index is 1.62. The van der Waals surface area contributed by atoms with E-state index in [1.54, 1.807) is 36.4 Å². The van der Waals surface area contributed by atoms with Crippen LogP contribution in [0.4, 0.5) is 0 Å². The lowest BCUT2D eigenvalue weighted by molar-refractivity contribution is 0.0685. The number of fused-ring (bicyclic) bond motifs is 2. The van der Waals surface area contributed by atoms with Gasteiger partial charge in [-0.1, -0.05) is 24.3 Å². The average Bonchev–Trinajstić information content (AvgIpc) is 3.64. The summed E-state index contributed by atoms with van der Waals surface area (Å²) in [7, 11) is 2.78. The summed E-state index contributed by atoms with van der Waals surface area (Å²) in [6.45, 7) is 0.368. The third-order valence-electron chi connectivity index (χ3n) is 8.18. The SMILES string of the molecule is COc1c(C(N)=O)ccc2c1nc(-c1cccc(C(=O)O)c1Br)n2CCn1c(-c2cccc(C(=O)O)c2Br)nc2c(OC)c(C(N)=O)ccc21. The standard InChI is InChI=1S/C34H26Br2N6O8/c1-49-27-19(29(37)43)9-11-21-25(27)39-31(15-5-3-7-17(23(15)35)33(45)46)41(21)13-14-42-22-12-10-20(30(38)44)28(50-2)26(22)40-32(42)16-6-4-8-18(24(16)36)34(47)48/h3-12H,13-14H2,1-2H3,(H2,37,43)(H2,38,44)(H,45,46)(H,47,48). The van der Waals surface area contributed by atoms with Crippen LogP contribution in [0.2, 0.25) is 0 Å². The molecule has 16 heteroatoms. The Morgan fingerprint density at radius 1 is 0.640 bits per heavy atom. The molecule has 0 aliphatic carbocycles. The fourth-order valence-corrected chi connectivity index (χ4v) is 7.16. The monoisotopic (exact) mass is 804 g/mol. The molecule has 0 saturated heterocycles. The summed E-state index contributed by atoms with van der Waals surface area (Å²) in [6, 6.07) is 15.9. The van der Waals surface area contributed by atoms with Gasteiger partial charge in [0.1, 0.15) is 22.7 Å². The van der Waals surface area contributed by atoms with Gasteiger partial charge in [0.05, 0.1) is 47.5 Å². The van der Waals surface area contributed by atoms with Crippen molar-refractivity contribution in [1.29, 1.82) is 0 Å². The highest BCUT2D eigenvalue weighted by molar-refractivity contribution is 9.11. The van der Waals surface area contributed by atoms with Crippen molar-refractivity contribution in [3.8, 4) is 34.3 Å². The van der Waals surface area contributed by atoms with Crippen LogP contribution in [0.1, 0.15) is 41.4 Å². The molecule has 0 aliphatic rings. The summed E-state index contributed by atoms with van der Waals surface area (Å²) in [5, 5.41) is 19.7. The van der Waals surface area contributed by atoms with Gasteiger partial charge in [-0.05, 0) is 68.3 Å². The Kier molecular flexibility index (Phi) is 9.07. The Hall–Kier alpha value is -5.74. The van der Waals surface area contributed by atoms with E-state index in [1.165, 1.54) is 38.5 Å². The van der Waals surface area contributed by atoms with Gasteiger partial charge in [0.25, 0.3) is 11.8 Å². The van der Waals surface area contributed by atoms with Crippen LogP contribution in [0.5, 0.6) is 11.5 Å². The summed E-state index contributed by atoms with van der Waals surface area (Å²) < 4.78 is 15.4. The Morgan fingerprint density at radius 2 is 1.02 bits per heavy atom. The van der Waals surface area contributed by atoms with Crippen LogP contribution >= 0.6 is 31.9 Å². The zero-order valence-corrected chi connectivity index (χ0v) is 29.4. The topological polar surface area (TPSA) is 215 Å². The van der Waals surface area contributed by atoms with Crippen LogP contribution < -0.4 is 20.9 Å². The van der Waals surface area contributed by atoms with Gasteiger partial charge >= 0.3 is 11.9 Å². The number of benzene rings is 4. The third kappa shape index (κ3) is 5.61. The van der Waals surface area contributed by atoms with Crippen LogP contribution in [-0.2, 0) is 13.1 Å². The number of ether oxygens (including phenoxy) is 2. The molecule has 2 heterocycles. The summed E-state index contributed by atoms with van der Waals surface area (Å²) in [4.78, 5) is 58.4. The number of nitrogens with zero attached hydrogens (tertiary/aromatic N) is 4. The number of aromatic nitrogens is 4. The summed E-state index contributed by atoms with van der Waals surface area (Å²) in [5.74, 6) is -2.75. The number of imidazole rings is 2. The lowest BCUT2D eigenvalue weighted by Gasteiger charge is -2.15. The van der Waals surface area contributed by atoms with E-state index in [-0.39, 0.29) is 55.8 Å². The Morgan fingerprint density at radius 3 is 1.34 bits per heavy atom. The van der Waals surface area contributed by atoms with E-state index >= 15 is 0 Å². The predicted molar refractivity (Wildman–Crippen MR) is 190 cm³/mol. The largest absolute Gasteiger partial charge is 0.494 e. The summed E-state index contributed by atoms with van der Waals surface area (Å²) in [6.07, 6.45) is 0. The van der Waals surface area contributed by atoms with E-state index in [0.29, 0.717) is 44.8 Å². The molecular weight excluding hydrogens is 780 g/mol. The highest BCUT2D eigenvalue weighted by Crippen LogP contribution is 2.39. The van der Waals surface area contributed by atoms with Gasteiger partial charge in [-0.15, -0.1) is 0 Å². The van der Waals surface area contributed by atoms with Crippen LogP contribution in [0, 0.1) is 0 Å². The van der Waals surface area contributed by atoms with Crippen LogP contribution in [0.3, 0.4) is 0 Å². The van der Waals surface area contributed by atoms with E-state index in [0.717, 1.165) is 0 Å². The number of primary amides is 2. The van der Waals surface area contributed by atoms with Crippen LogP contribution in [0.25, 0.3) is 44.8 Å². The minimum Gasteiger partial charge on any atom is -0.494 e. The number of hydrogen-bond acceptors (Lipinski definition) is 8. The van der Waals surface area contributed by atoms with Gasteiger partial charge in [-0.25, -0.2) is 19.6 Å². The van der Waals surface area contributed by atoms with Crippen LogP contribution in [0.15, 0.2) is 69.6 Å². The van der Waals surface area contributed by atoms with Crippen molar-refractivity contribution in [1.82, 2.24) is 19.1 Å². The van der Waals surface area contributed by atoms with E-state index in [4.69, 9.17) is 30.9 Å². The second kappa shape index (κ2) is 13.3. The third-order valence-corrected chi connectivity index (χ3v) is 9.88. The van der Waals surface area contributed by atoms with Gasteiger partial charge in [-0.2, -0.15) is 0 Å². The number of rotatable bonds is 11. The first-order chi connectivity index (χ1) is 23.9. The van der Waals surface area contributed by atoms with Crippen molar-refractivity contribution in [2.75, 3.05) is 14.2 Å². The molecule has 254 valence electrons. The number of amides is 2. The lowest BCUT2D eigenvalue weighted by atomic mass is 10.1. The second-order valence-corrected chi connectivity index (χ2v) is 12.5. The number of carbonyl (C=O) groups is 4. The molecule has 0 radical (unpaired) electrons. The molecule has 0 aliphatic heterocycles. The molecule has 0 bridgehead atoms. The molecule has 14 nitrogen and oxygen atoms in total. The first-order valence-corrected chi connectivity index (χ1v) is 16.3. The number of aromatic carboxylic acids is 2. The van der Waals surface area contributed by atoms with Crippen molar-refractivity contribution in [2.45, 2.75) is 13.1 Å². The maximum Gasteiger partial charge on any atom is 0.336 e. The molecule has 6 rings (SSSR count). The zero-order valence-electron chi connectivity index (χ0n) is 26.2. The molecular formula is C34H26Br2N6O8. The van der Waals surface area contributed by atoms with Gasteiger partial charge < -0.3 is 40.3 Å². The van der Waals surface area contributed by atoms with Crippen molar-refractivity contribution in [2.24, 2.45) is 11.5 Å². The van der Waals surface area contributed by atoms with Crippen molar-refractivity contribution >= 4 is 77.7 Å². The van der Waals surface area contributed by atoms with Crippen molar-refractivity contribution in [3.05, 3.63) is 91.9 Å². The van der Waals surface area contributed by atoms with E-state index < -0.39 is 23.8 Å². The minimum absolute atomic E-state index is 0.00861. The quantitative estimate of drug-likeness (QED) is 0.128. The molecule has 0 spiro atoms. The van der Waals surface area contributed by atoms with Gasteiger partial charge in [0, 0.05) is 33.2 Å². The predicted octanol–water partition coefficient (Wildman–Crippen LogP) is 5.56. The first kappa shape index (κ1) is 34.1. The average molecular weight is 806 g/mol. The molecule has 4 aromatic carbocycles. The molecule has 0 atom stereocenters. The maximum atomic E-state index is 12.3. The van der Waals surface area contributed by atoms with E-state index in [9.17, 15) is 29.4 Å². The van der Waals surface area contributed by atoms with E-state index in [2.05, 4.69) is 31.9 Å². The molecule has 2 aromatic heterocycles. The molecule has 2 amide bonds. The number of halogens is 2. The fraction of sp³-hybridized carbons (Fsp3) is 0.118. The molecule has 6 aromatic rings. The maximum absolute atomic E-state index is 12.3. The normalized spacial score (nSPS) is 11.2. The van der Waals surface area contributed by atoms with Crippen LogP contribution in [-0.4, -0.2) is 67.3 Å². The zero-order chi connectivity index (χ0) is 36.0. The van der Waals surface area contributed by atoms with Gasteiger partial charge in [0.2, 0.25) is 0 Å². The van der Waals surface area contributed by atoms with E-state index in [1.807, 2.05) is 9.13 Å². The number of hydrogen-bond donors (Lipinski definition) is 4. The number of carboxylic acid groups (broad SMARTS) is 2. The summed E-state index contributed by atoms with van der Waals surface area (Å²) in [5.41, 5.74) is 14.1. The van der Waals surface area contributed by atoms with Crippen molar-refractivity contribution < 1.29 is 38.9 Å². The fourth-order valence-electron chi connectivity index (χ4n) is 5.94. The van der Waals surface area contributed by atoms with Gasteiger partial charge in [-0.3, -0.25) is 9.59 Å². The number of nitrogens with two attached hydrogens (primary N) is 2. The number of aryl methyl sites for hydroxylation is 2. The molecule has 50 heavy (non-hydrogen) atoms. The minimum atomic E-state index is -1.15. The highest BCUT2D eigenvalue weighted by Gasteiger charge is 2.26. The smallest absolute Gasteiger partial charge is 0.336 e. The Bertz CT molecular complexity index is 2250. The Labute approximate surface area is 299 Å². The lowest BCUT2D eigenvalue weighted by Crippen LogP contribution is -2.13. The number of carbonyl (C=O) groups excluding carboxylic acids is 2. The van der Waals surface area contributed by atoms with Crippen molar-refractivity contribution in [3.63, 3.8) is 0 Å². The number of methoxy groups -OCH3 is 2. The van der Waals surface area contributed by atoms with Gasteiger partial charge in [0.15, 0.2) is 11.5 Å². The number of carboxylic acids is 2. The molecule has 0 unspecified atom stereocenters. The molecule has 6 N–H and O–H groups in total. The second-order valence-electron chi connectivity index (χ2n) is 10.9. The molecule has 0 saturated carbocycles. The first-order valence-electron chi connectivity index (χ1n) is 14.7. The molecule has 0 fully saturated rings. The summed E-state index contributed by atoms with van der Waals surface area (Å²) >= 11 is 6.90.